The van der Waals surface area contributed by atoms with Crippen LogP contribution in [0.15, 0.2) is 30.5 Å². The third kappa shape index (κ3) is 3.46. The van der Waals surface area contributed by atoms with Gasteiger partial charge in [0.05, 0.1) is 22.4 Å². The fourth-order valence-electron chi connectivity index (χ4n) is 2.43. The van der Waals surface area contributed by atoms with Crippen molar-refractivity contribution in [2.75, 3.05) is 6.54 Å². The topological polar surface area (TPSA) is 97.8 Å². The predicted molar refractivity (Wildman–Crippen MR) is 81.9 cm³/mol. The molecule has 0 saturated carbocycles. The zero-order valence-corrected chi connectivity index (χ0v) is 12.2. The molecule has 1 heterocycles. The van der Waals surface area contributed by atoms with Crippen molar-refractivity contribution in [3.63, 3.8) is 0 Å². The van der Waals surface area contributed by atoms with Crippen molar-refractivity contribution in [3.05, 3.63) is 46.4 Å². The van der Waals surface area contributed by atoms with Gasteiger partial charge < -0.3 is 10.7 Å². The Balaban J connectivity index is 2.34. The molecule has 21 heavy (non-hydrogen) atoms. The lowest BCUT2D eigenvalue weighted by molar-refractivity contribution is -0.384. The first-order valence-corrected chi connectivity index (χ1v) is 7.01. The molecule has 6 heteroatoms. The molecular weight excluding hydrogens is 268 g/mol. The van der Waals surface area contributed by atoms with E-state index in [1.54, 1.807) is 24.4 Å². The Morgan fingerprint density at radius 3 is 2.71 bits per heavy atom. The molecule has 0 aliphatic heterocycles. The van der Waals surface area contributed by atoms with Crippen LogP contribution in [0.2, 0.25) is 0 Å². The van der Waals surface area contributed by atoms with Gasteiger partial charge in [-0.3, -0.25) is 10.1 Å². The van der Waals surface area contributed by atoms with Gasteiger partial charge in [0.1, 0.15) is 5.82 Å². The molecule has 1 unspecified atom stereocenters. The van der Waals surface area contributed by atoms with Gasteiger partial charge in [-0.1, -0.05) is 26.0 Å². The lowest BCUT2D eigenvalue weighted by Gasteiger charge is -2.14. The van der Waals surface area contributed by atoms with Crippen molar-refractivity contribution in [1.82, 2.24) is 9.97 Å². The number of nitro benzene ring substituents is 1. The molecule has 112 valence electrons. The van der Waals surface area contributed by atoms with Gasteiger partial charge in [-0.2, -0.15) is 0 Å². The lowest BCUT2D eigenvalue weighted by Crippen LogP contribution is -2.16. The maximum Gasteiger partial charge on any atom is 0.278 e. The average molecular weight is 288 g/mol. The number of nitro groups is 1. The summed E-state index contributed by atoms with van der Waals surface area (Å²) in [5.41, 5.74) is 7.08. The van der Waals surface area contributed by atoms with Crippen molar-refractivity contribution in [3.8, 4) is 11.3 Å². The fraction of sp³-hybridized carbons (Fsp3) is 0.400. The summed E-state index contributed by atoms with van der Waals surface area (Å²) < 4.78 is 0. The fourth-order valence-corrected chi connectivity index (χ4v) is 2.43. The highest BCUT2D eigenvalue weighted by atomic mass is 16.6. The Bertz CT molecular complexity index is 622. The van der Waals surface area contributed by atoms with Gasteiger partial charge in [0.25, 0.3) is 5.69 Å². The second-order valence-corrected chi connectivity index (χ2v) is 5.52. The number of nitrogens with one attached hydrogen (secondary N) is 1. The highest BCUT2D eigenvalue weighted by Crippen LogP contribution is 2.29. The van der Waals surface area contributed by atoms with E-state index < -0.39 is 0 Å². The largest absolute Gasteiger partial charge is 0.342 e. The Labute approximate surface area is 123 Å². The second-order valence-electron chi connectivity index (χ2n) is 5.52. The number of nitrogens with zero attached hydrogens (tertiary/aromatic N) is 2. The summed E-state index contributed by atoms with van der Waals surface area (Å²) in [7, 11) is 0. The van der Waals surface area contributed by atoms with E-state index in [1.807, 2.05) is 0 Å². The third-order valence-corrected chi connectivity index (χ3v) is 3.41. The van der Waals surface area contributed by atoms with Crippen LogP contribution in [0.25, 0.3) is 11.3 Å². The molecule has 6 nitrogen and oxygen atoms in total. The second kappa shape index (κ2) is 6.49. The van der Waals surface area contributed by atoms with Crippen molar-refractivity contribution < 1.29 is 4.92 Å². The molecule has 0 aliphatic rings. The molecule has 0 bridgehead atoms. The molecule has 0 spiro atoms. The molecule has 3 N–H and O–H groups in total. The Kier molecular flexibility index (Phi) is 4.70. The summed E-state index contributed by atoms with van der Waals surface area (Å²) in [4.78, 5) is 18.2. The van der Waals surface area contributed by atoms with Gasteiger partial charge in [0.2, 0.25) is 0 Å². The van der Waals surface area contributed by atoms with Gasteiger partial charge >= 0.3 is 0 Å². The van der Waals surface area contributed by atoms with Gasteiger partial charge in [0.15, 0.2) is 0 Å². The molecule has 0 radical (unpaired) electrons. The normalized spacial score (nSPS) is 12.6. The van der Waals surface area contributed by atoms with E-state index in [-0.39, 0.29) is 16.5 Å². The summed E-state index contributed by atoms with van der Waals surface area (Å²) in [6, 6.07) is 6.64. The molecule has 0 amide bonds. The molecule has 1 aromatic carbocycles. The molecule has 2 rings (SSSR count). The number of aromatic amines is 1. The van der Waals surface area contributed by atoms with E-state index in [4.69, 9.17) is 5.73 Å². The standard InChI is InChI=1S/C15H20N4O2/c1-10(2)7-11(8-16)15-17-9-13(18-15)12-5-3-4-6-14(12)19(20)21/h3-6,9-11H,7-8,16H2,1-2H3,(H,17,18). The number of benzene rings is 1. The Morgan fingerprint density at radius 2 is 2.10 bits per heavy atom. The van der Waals surface area contributed by atoms with E-state index in [2.05, 4.69) is 23.8 Å². The minimum atomic E-state index is -0.385. The Morgan fingerprint density at radius 1 is 1.38 bits per heavy atom. The van der Waals surface area contributed by atoms with Crippen molar-refractivity contribution in [1.29, 1.82) is 0 Å². The first-order valence-electron chi connectivity index (χ1n) is 7.01. The minimum Gasteiger partial charge on any atom is -0.342 e. The van der Waals surface area contributed by atoms with E-state index in [0.29, 0.717) is 23.7 Å². The predicted octanol–water partition coefficient (Wildman–Crippen LogP) is 3.07. The Hall–Kier alpha value is -2.21. The van der Waals surface area contributed by atoms with Crippen LogP contribution in [0.5, 0.6) is 0 Å². The monoisotopic (exact) mass is 288 g/mol. The van der Waals surface area contributed by atoms with Crippen LogP contribution in [0, 0.1) is 16.0 Å². The molecular formula is C15H20N4O2. The van der Waals surface area contributed by atoms with Crippen LogP contribution in [-0.4, -0.2) is 21.4 Å². The minimum absolute atomic E-state index is 0.0702. The quantitative estimate of drug-likeness (QED) is 0.630. The van der Waals surface area contributed by atoms with Gasteiger partial charge in [-0.15, -0.1) is 0 Å². The van der Waals surface area contributed by atoms with E-state index in [9.17, 15) is 10.1 Å². The van der Waals surface area contributed by atoms with Crippen LogP contribution in [0.1, 0.15) is 32.0 Å². The summed E-state index contributed by atoms with van der Waals surface area (Å²) in [6.45, 7) is 4.77. The highest BCUT2D eigenvalue weighted by molar-refractivity contribution is 5.70. The third-order valence-electron chi connectivity index (χ3n) is 3.41. The summed E-state index contributed by atoms with van der Waals surface area (Å²) in [6.07, 6.45) is 2.57. The number of nitrogens with two attached hydrogens (primary N) is 1. The maximum atomic E-state index is 11.1. The number of hydrogen-bond acceptors (Lipinski definition) is 4. The average Bonchev–Trinajstić information content (AvgIpc) is 2.94. The molecule has 1 atom stereocenters. The van der Waals surface area contributed by atoms with Gasteiger partial charge in [-0.05, 0) is 18.4 Å². The number of rotatable bonds is 6. The van der Waals surface area contributed by atoms with Crippen LogP contribution >= 0.6 is 0 Å². The van der Waals surface area contributed by atoms with Crippen LogP contribution in [-0.2, 0) is 0 Å². The number of hydrogen-bond donors (Lipinski definition) is 2. The van der Waals surface area contributed by atoms with Gasteiger partial charge in [0, 0.05) is 18.5 Å². The molecule has 1 aromatic heterocycles. The molecule has 0 fully saturated rings. The van der Waals surface area contributed by atoms with Crippen molar-refractivity contribution >= 4 is 5.69 Å². The summed E-state index contributed by atoms with van der Waals surface area (Å²) >= 11 is 0. The van der Waals surface area contributed by atoms with Crippen molar-refractivity contribution in [2.45, 2.75) is 26.2 Å². The highest BCUT2D eigenvalue weighted by Gasteiger charge is 2.19. The first-order chi connectivity index (χ1) is 10.0. The number of H-pyrrole nitrogens is 1. The van der Waals surface area contributed by atoms with Crippen molar-refractivity contribution in [2.24, 2.45) is 11.7 Å². The number of imidazole rings is 1. The molecule has 2 aromatic rings. The summed E-state index contributed by atoms with van der Waals surface area (Å²) in [5.74, 6) is 1.44. The first kappa shape index (κ1) is 15.2. The molecule has 0 saturated heterocycles. The smallest absolute Gasteiger partial charge is 0.278 e. The lowest BCUT2D eigenvalue weighted by atomic mass is 9.97. The zero-order valence-electron chi connectivity index (χ0n) is 12.2. The van der Waals surface area contributed by atoms with Crippen LogP contribution in [0.4, 0.5) is 5.69 Å². The van der Waals surface area contributed by atoms with Gasteiger partial charge in [-0.25, -0.2) is 4.98 Å². The number of aromatic nitrogens is 2. The SMILES string of the molecule is CC(C)CC(CN)c1ncc(-c2ccccc2[N+](=O)[O-])[nH]1. The summed E-state index contributed by atoms with van der Waals surface area (Å²) in [5, 5.41) is 11.1. The maximum absolute atomic E-state index is 11.1. The van der Waals surface area contributed by atoms with Crippen LogP contribution in [0.3, 0.4) is 0 Å². The van der Waals surface area contributed by atoms with E-state index >= 15 is 0 Å². The zero-order chi connectivity index (χ0) is 15.4. The van der Waals surface area contributed by atoms with E-state index in [1.165, 1.54) is 6.07 Å². The van der Waals surface area contributed by atoms with E-state index in [0.717, 1.165) is 12.2 Å². The number of para-hydroxylation sites is 1. The van der Waals surface area contributed by atoms with Crippen LogP contribution < -0.4 is 5.73 Å². The molecule has 0 aliphatic carbocycles.